The number of rotatable bonds is 15. The van der Waals surface area contributed by atoms with Crippen LogP contribution in [0.1, 0.15) is 41.0 Å². The molecule has 0 saturated carbocycles. The van der Waals surface area contributed by atoms with E-state index in [9.17, 15) is 9.59 Å². The van der Waals surface area contributed by atoms with Crippen LogP contribution < -0.4 is 10.6 Å². The van der Waals surface area contributed by atoms with Gasteiger partial charge in [-0.2, -0.15) is 0 Å². The monoisotopic (exact) mass is 360 g/mol. The average molecular weight is 360 g/mol. The largest absolute Gasteiger partial charge is 0.379 e. The Kier molecular flexibility index (Phi) is 14.4. The van der Waals surface area contributed by atoms with Crippen molar-refractivity contribution in [2.24, 2.45) is 11.8 Å². The number of carbonyl (C=O) groups excluding carboxylic acids is 2. The molecular formula is C18H36N2O5. The van der Waals surface area contributed by atoms with E-state index >= 15 is 0 Å². The van der Waals surface area contributed by atoms with Crippen LogP contribution in [-0.2, 0) is 23.8 Å². The highest BCUT2D eigenvalue weighted by molar-refractivity contribution is 5.77. The zero-order valence-corrected chi connectivity index (χ0v) is 16.4. The number of nitrogens with one attached hydrogen (secondary N) is 2. The van der Waals surface area contributed by atoms with Gasteiger partial charge in [0, 0.05) is 24.9 Å². The van der Waals surface area contributed by atoms with Gasteiger partial charge in [0.05, 0.1) is 39.6 Å². The Hall–Kier alpha value is -1.18. The Morgan fingerprint density at radius 3 is 1.84 bits per heavy atom. The maximum Gasteiger partial charge on any atom is 0.222 e. The van der Waals surface area contributed by atoms with Gasteiger partial charge in [0.2, 0.25) is 11.8 Å². The van der Waals surface area contributed by atoms with E-state index in [1.54, 1.807) is 0 Å². The summed E-state index contributed by atoms with van der Waals surface area (Å²) in [5.74, 6) is 0.462. The predicted octanol–water partition coefficient (Wildman–Crippen LogP) is 1.36. The second kappa shape index (κ2) is 15.1. The van der Waals surface area contributed by atoms with Crippen molar-refractivity contribution in [3.63, 3.8) is 0 Å². The maximum atomic E-state index is 11.6. The molecule has 0 aromatic carbocycles. The summed E-state index contributed by atoms with van der Waals surface area (Å²) in [5, 5.41) is 5.71. The molecule has 25 heavy (non-hydrogen) atoms. The third-order valence-corrected chi connectivity index (χ3v) is 3.68. The molecular weight excluding hydrogens is 324 g/mol. The minimum atomic E-state index is -0.00647. The summed E-state index contributed by atoms with van der Waals surface area (Å²) < 4.78 is 16.1. The van der Waals surface area contributed by atoms with E-state index < -0.39 is 0 Å². The molecule has 0 aromatic heterocycles. The molecule has 0 heterocycles. The van der Waals surface area contributed by atoms with Crippen LogP contribution in [-0.4, -0.2) is 64.0 Å². The van der Waals surface area contributed by atoms with Crippen molar-refractivity contribution in [1.29, 1.82) is 0 Å². The molecule has 148 valence electrons. The van der Waals surface area contributed by atoms with Gasteiger partial charge in [0.15, 0.2) is 0 Å². The molecule has 2 N–H and O–H groups in total. The molecule has 0 saturated heterocycles. The lowest BCUT2D eigenvalue weighted by Gasteiger charge is -2.17. The van der Waals surface area contributed by atoms with Gasteiger partial charge in [0.25, 0.3) is 0 Å². The zero-order chi connectivity index (χ0) is 19.1. The Morgan fingerprint density at radius 2 is 1.32 bits per heavy atom. The highest BCUT2D eigenvalue weighted by Crippen LogP contribution is 2.00. The summed E-state index contributed by atoms with van der Waals surface area (Å²) in [7, 11) is 0. The topological polar surface area (TPSA) is 85.9 Å². The fourth-order valence-electron chi connectivity index (χ4n) is 1.65. The fraction of sp³-hybridized carbons (Fsp3) is 0.889. The molecule has 0 aliphatic carbocycles. The van der Waals surface area contributed by atoms with E-state index in [1.807, 2.05) is 20.8 Å². The van der Waals surface area contributed by atoms with Gasteiger partial charge in [0.1, 0.15) is 0 Å². The van der Waals surface area contributed by atoms with Gasteiger partial charge in [-0.3, -0.25) is 9.59 Å². The van der Waals surface area contributed by atoms with Crippen molar-refractivity contribution in [1.82, 2.24) is 10.6 Å². The Balaban J connectivity index is 3.29. The van der Waals surface area contributed by atoms with Gasteiger partial charge in [-0.15, -0.1) is 0 Å². The van der Waals surface area contributed by atoms with E-state index in [1.165, 1.54) is 0 Å². The van der Waals surface area contributed by atoms with Crippen LogP contribution in [0.2, 0.25) is 0 Å². The second-order valence-corrected chi connectivity index (χ2v) is 6.63. The van der Waals surface area contributed by atoms with Crippen LogP contribution in [0.15, 0.2) is 0 Å². The SMILES string of the molecule is CC(C)C(=O)NCCOCCOCCOCCC(=O)NC(C)C(C)C. The van der Waals surface area contributed by atoms with Crippen LogP contribution in [0.5, 0.6) is 0 Å². The van der Waals surface area contributed by atoms with Crippen LogP contribution in [0, 0.1) is 11.8 Å². The minimum absolute atomic E-state index is 0.00647. The average Bonchev–Trinajstić information content (AvgIpc) is 2.55. The van der Waals surface area contributed by atoms with Crippen molar-refractivity contribution in [3.05, 3.63) is 0 Å². The molecule has 0 fully saturated rings. The van der Waals surface area contributed by atoms with Crippen LogP contribution in [0.25, 0.3) is 0 Å². The van der Waals surface area contributed by atoms with Gasteiger partial charge in [-0.25, -0.2) is 0 Å². The summed E-state index contributed by atoms with van der Waals surface area (Å²) in [6.45, 7) is 13.1. The van der Waals surface area contributed by atoms with Gasteiger partial charge < -0.3 is 24.8 Å². The lowest BCUT2D eigenvalue weighted by atomic mass is 10.1. The first kappa shape index (κ1) is 23.8. The molecule has 0 bridgehead atoms. The Bertz CT molecular complexity index is 361. The third kappa shape index (κ3) is 14.8. The quantitative estimate of drug-likeness (QED) is 0.431. The molecule has 0 radical (unpaired) electrons. The Morgan fingerprint density at radius 1 is 0.800 bits per heavy atom. The highest BCUT2D eigenvalue weighted by Gasteiger charge is 2.10. The summed E-state index contributed by atoms with van der Waals surface area (Å²) in [4.78, 5) is 22.9. The fourth-order valence-corrected chi connectivity index (χ4v) is 1.65. The van der Waals surface area contributed by atoms with Crippen molar-refractivity contribution in [2.45, 2.75) is 47.1 Å². The standard InChI is InChI=1S/C18H36N2O5/c1-14(2)16(5)20-17(21)6-8-23-10-12-25-13-11-24-9-7-19-18(22)15(3)4/h14-16H,6-13H2,1-5H3,(H,19,22)(H,20,21). The molecule has 0 aliphatic rings. The number of ether oxygens (including phenoxy) is 3. The first-order valence-corrected chi connectivity index (χ1v) is 9.14. The van der Waals surface area contributed by atoms with Crippen molar-refractivity contribution < 1.29 is 23.8 Å². The number of hydrogen-bond donors (Lipinski definition) is 2. The second-order valence-electron chi connectivity index (χ2n) is 6.63. The molecule has 0 rings (SSSR count). The summed E-state index contributed by atoms with van der Waals surface area (Å²) in [5.41, 5.74) is 0. The molecule has 0 aliphatic heterocycles. The van der Waals surface area contributed by atoms with Crippen molar-refractivity contribution >= 4 is 11.8 Å². The zero-order valence-electron chi connectivity index (χ0n) is 16.4. The lowest BCUT2D eigenvalue weighted by molar-refractivity contribution is -0.124. The Labute approximate surface area is 152 Å². The summed E-state index contributed by atoms with van der Waals surface area (Å²) >= 11 is 0. The number of amides is 2. The van der Waals surface area contributed by atoms with E-state index in [-0.39, 0.29) is 23.8 Å². The van der Waals surface area contributed by atoms with E-state index in [0.717, 1.165) is 0 Å². The molecule has 7 heteroatoms. The molecule has 1 unspecified atom stereocenters. The van der Waals surface area contributed by atoms with Crippen molar-refractivity contribution in [3.8, 4) is 0 Å². The minimum Gasteiger partial charge on any atom is -0.379 e. The smallest absolute Gasteiger partial charge is 0.222 e. The lowest BCUT2D eigenvalue weighted by Crippen LogP contribution is -2.36. The maximum absolute atomic E-state index is 11.6. The predicted molar refractivity (Wildman–Crippen MR) is 97.4 cm³/mol. The van der Waals surface area contributed by atoms with Gasteiger partial charge in [-0.1, -0.05) is 27.7 Å². The third-order valence-electron chi connectivity index (χ3n) is 3.68. The van der Waals surface area contributed by atoms with Crippen LogP contribution in [0.3, 0.4) is 0 Å². The molecule has 2 amide bonds. The van der Waals surface area contributed by atoms with Crippen LogP contribution in [0.4, 0.5) is 0 Å². The summed E-state index contributed by atoms with van der Waals surface area (Å²) in [6.07, 6.45) is 0.363. The van der Waals surface area contributed by atoms with Gasteiger partial charge >= 0.3 is 0 Å². The number of carbonyl (C=O) groups is 2. The molecule has 0 aromatic rings. The van der Waals surface area contributed by atoms with Gasteiger partial charge in [-0.05, 0) is 12.8 Å². The van der Waals surface area contributed by atoms with Crippen LogP contribution >= 0.6 is 0 Å². The molecule has 0 spiro atoms. The molecule has 1 atom stereocenters. The van der Waals surface area contributed by atoms with E-state index in [2.05, 4.69) is 24.5 Å². The number of hydrogen-bond acceptors (Lipinski definition) is 5. The normalized spacial score (nSPS) is 12.4. The summed E-state index contributed by atoms with van der Waals surface area (Å²) in [6, 6.07) is 0.175. The molecule has 7 nitrogen and oxygen atoms in total. The first-order chi connectivity index (χ1) is 11.8. The van der Waals surface area contributed by atoms with E-state index in [0.29, 0.717) is 58.5 Å². The first-order valence-electron chi connectivity index (χ1n) is 9.14. The highest BCUT2D eigenvalue weighted by atomic mass is 16.5. The van der Waals surface area contributed by atoms with E-state index in [4.69, 9.17) is 14.2 Å². The van der Waals surface area contributed by atoms with Crippen molar-refractivity contribution in [2.75, 3.05) is 46.2 Å².